The van der Waals surface area contributed by atoms with E-state index in [0.29, 0.717) is 24.3 Å². The monoisotopic (exact) mass is 556 g/mol. The average molecular weight is 557 g/mol. The highest BCUT2D eigenvalue weighted by Gasteiger charge is 2.06. The molecule has 3 aromatic rings. The number of hydrogen-bond acceptors (Lipinski definition) is 4. The summed E-state index contributed by atoms with van der Waals surface area (Å²) in [6, 6.07) is 20.8. The lowest BCUT2D eigenvalue weighted by molar-refractivity contribution is -0.134. The molecule has 0 aliphatic carbocycles. The summed E-state index contributed by atoms with van der Waals surface area (Å²) in [6.45, 7) is 7.42. The van der Waals surface area contributed by atoms with Crippen molar-refractivity contribution < 1.29 is 23.5 Å². The second-order valence-electron chi connectivity index (χ2n) is 10.4. The van der Waals surface area contributed by atoms with E-state index in [1.165, 1.54) is 67.2 Å². The number of allylic oxidation sites excluding steroid dienone is 2. The van der Waals surface area contributed by atoms with Gasteiger partial charge < -0.3 is 9.47 Å². The standard InChI is InChI=1S/C36H41FO4/c1-28(2)31-17-12-30(13-18-31)27-40-26-10-8-6-4-3-5-7-9-11-36(39)41-34-23-14-29(15-24-34)16-25-35(38)32-19-21-33(37)22-20-32/h12-25H,1,3-11,26-27H2,2H3. The summed E-state index contributed by atoms with van der Waals surface area (Å²) < 4.78 is 24.2. The lowest BCUT2D eigenvalue weighted by atomic mass is 10.1. The highest BCUT2D eigenvalue weighted by Crippen LogP contribution is 2.17. The van der Waals surface area contributed by atoms with Crippen molar-refractivity contribution >= 4 is 23.4 Å². The van der Waals surface area contributed by atoms with Crippen molar-refractivity contribution in [3.8, 4) is 5.75 Å². The van der Waals surface area contributed by atoms with Crippen LogP contribution in [-0.2, 0) is 16.1 Å². The molecule has 0 heterocycles. The van der Waals surface area contributed by atoms with Gasteiger partial charge in [-0.3, -0.25) is 9.59 Å². The first-order valence-corrected chi connectivity index (χ1v) is 14.5. The van der Waals surface area contributed by atoms with Crippen LogP contribution in [0.4, 0.5) is 4.39 Å². The van der Waals surface area contributed by atoms with Gasteiger partial charge in [-0.2, -0.15) is 0 Å². The van der Waals surface area contributed by atoms with E-state index in [9.17, 15) is 14.0 Å². The van der Waals surface area contributed by atoms with E-state index in [1.807, 2.05) is 6.92 Å². The van der Waals surface area contributed by atoms with Crippen molar-refractivity contribution in [2.24, 2.45) is 0 Å². The molecule has 3 rings (SSSR count). The second-order valence-corrected chi connectivity index (χ2v) is 10.4. The number of ether oxygens (including phenoxy) is 2. The highest BCUT2D eigenvalue weighted by atomic mass is 19.1. The van der Waals surface area contributed by atoms with Crippen LogP contribution in [0.1, 0.15) is 91.8 Å². The van der Waals surface area contributed by atoms with E-state index >= 15 is 0 Å². The van der Waals surface area contributed by atoms with Gasteiger partial charge in [-0.1, -0.05) is 93.2 Å². The van der Waals surface area contributed by atoms with E-state index in [4.69, 9.17) is 9.47 Å². The fourth-order valence-electron chi connectivity index (χ4n) is 4.32. The molecule has 216 valence electrons. The molecule has 0 saturated carbocycles. The molecule has 0 aromatic heterocycles. The van der Waals surface area contributed by atoms with Crippen LogP contribution in [0.25, 0.3) is 11.6 Å². The Kier molecular flexibility index (Phi) is 13.7. The molecule has 5 heteroatoms. The van der Waals surface area contributed by atoms with Crippen LogP contribution in [0, 0.1) is 5.82 Å². The topological polar surface area (TPSA) is 52.6 Å². The fraction of sp³-hybridized carbons (Fsp3) is 0.333. The molecule has 0 N–H and O–H groups in total. The first kappa shape index (κ1) is 31.7. The van der Waals surface area contributed by atoms with Crippen LogP contribution in [0.2, 0.25) is 0 Å². The summed E-state index contributed by atoms with van der Waals surface area (Å²) in [5.41, 5.74) is 4.66. The molecule has 41 heavy (non-hydrogen) atoms. The molecular weight excluding hydrogens is 515 g/mol. The first-order chi connectivity index (χ1) is 19.9. The van der Waals surface area contributed by atoms with Gasteiger partial charge >= 0.3 is 5.97 Å². The molecule has 0 fully saturated rings. The Labute approximate surface area is 243 Å². The second kappa shape index (κ2) is 17.8. The molecule has 4 nitrogen and oxygen atoms in total. The van der Waals surface area contributed by atoms with Crippen LogP contribution >= 0.6 is 0 Å². The number of ketones is 1. The number of esters is 1. The molecule has 0 aliphatic heterocycles. The minimum Gasteiger partial charge on any atom is -0.427 e. The predicted molar refractivity (Wildman–Crippen MR) is 164 cm³/mol. The van der Waals surface area contributed by atoms with Gasteiger partial charge in [-0.15, -0.1) is 0 Å². The quantitative estimate of drug-likeness (QED) is 0.0515. The summed E-state index contributed by atoms with van der Waals surface area (Å²) >= 11 is 0. The molecule has 0 atom stereocenters. The smallest absolute Gasteiger partial charge is 0.311 e. The molecule has 3 aromatic carbocycles. The number of rotatable bonds is 18. The Balaban J connectivity index is 1.17. The molecule has 0 unspecified atom stereocenters. The third-order valence-electron chi connectivity index (χ3n) is 6.80. The Morgan fingerprint density at radius 3 is 1.98 bits per heavy atom. The highest BCUT2D eigenvalue weighted by molar-refractivity contribution is 6.06. The molecule has 0 spiro atoms. The van der Waals surface area contributed by atoms with E-state index in [0.717, 1.165) is 43.4 Å². The Morgan fingerprint density at radius 1 is 0.756 bits per heavy atom. The van der Waals surface area contributed by atoms with Crippen molar-refractivity contribution in [3.63, 3.8) is 0 Å². The summed E-state index contributed by atoms with van der Waals surface area (Å²) in [5, 5.41) is 0. The number of hydrogen-bond donors (Lipinski definition) is 0. The zero-order valence-electron chi connectivity index (χ0n) is 24.1. The Morgan fingerprint density at radius 2 is 1.34 bits per heavy atom. The fourth-order valence-corrected chi connectivity index (χ4v) is 4.32. The number of carbonyl (C=O) groups is 2. The summed E-state index contributed by atoms with van der Waals surface area (Å²) in [7, 11) is 0. The third-order valence-corrected chi connectivity index (χ3v) is 6.80. The van der Waals surface area contributed by atoms with Crippen LogP contribution in [-0.4, -0.2) is 18.4 Å². The van der Waals surface area contributed by atoms with Crippen molar-refractivity contribution in [2.75, 3.05) is 6.61 Å². The predicted octanol–water partition coefficient (Wildman–Crippen LogP) is 9.39. The summed E-state index contributed by atoms with van der Waals surface area (Å²) in [5.74, 6) is -0.326. The van der Waals surface area contributed by atoms with Crippen molar-refractivity contribution in [1.29, 1.82) is 0 Å². The molecule has 0 aliphatic rings. The largest absolute Gasteiger partial charge is 0.427 e. The van der Waals surface area contributed by atoms with Crippen molar-refractivity contribution in [1.82, 2.24) is 0 Å². The summed E-state index contributed by atoms with van der Waals surface area (Å²) in [4.78, 5) is 24.3. The van der Waals surface area contributed by atoms with Gasteiger partial charge in [0.25, 0.3) is 0 Å². The zero-order chi connectivity index (χ0) is 29.3. The Bertz CT molecular complexity index is 1260. The average Bonchev–Trinajstić information content (AvgIpc) is 2.97. The van der Waals surface area contributed by atoms with Gasteiger partial charge in [0.15, 0.2) is 5.78 Å². The van der Waals surface area contributed by atoms with Gasteiger partial charge in [-0.05, 0) is 78.9 Å². The number of unbranched alkanes of at least 4 members (excludes halogenated alkanes) is 7. The molecule has 0 saturated heterocycles. The third kappa shape index (κ3) is 12.5. The van der Waals surface area contributed by atoms with Crippen molar-refractivity contribution in [3.05, 3.63) is 114 Å². The van der Waals surface area contributed by atoms with E-state index in [1.54, 1.807) is 30.3 Å². The minimum atomic E-state index is -0.378. The van der Waals surface area contributed by atoms with E-state index in [-0.39, 0.29) is 17.6 Å². The maximum atomic E-state index is 13.0. The SMILES string of the molecule is C=C(C)c1ccc(COCCCCCCCCCCC(=O)Oc2ccc(C=CC(=O)c3ccc(F)cc3)cc2)cc1. The van der Waals surface area contributed by atoms with Crippen LogP contribution in [0.15, 0.2) is 85.5 Å². The Hall–Kier alpha value is -3.83. The van der Waals surface area contributed by atoms with Crippen LogP contribution < -0.4 is 4.74 Å². The van der Waals surface area contributed by atoms with Gasteiger partial charge in [0, 0.05) is 18.6 Å². The molecule has 0 radical (unpaired) electrons. The molecular formula is C36H41FO4. The van der Waals surface area contributed by atoms with Crippen molar-refractivity contribution in [2.45, 2.75) is 71.3 Å². The maximum Gasteiger partial charge on any atom is 0.311 e. The van der Waals surface area contributed by atoms with E-state index in [2.05, 4.69) is 30.8 Å². The van der Waals surface area contributed by atoms with Gasteiger partial charge in [0.1, 0.15) is 11.6 Å². The van der Waals surface area contributed by atoms with Gasteiger partial charge in [-0.25, -0.2) is 4.39 Å². The van der Waals surface area contributed by atoms with E-state index < -0.39 is 0 Å². The summed E-state index contributed by atoms with van der Waals surface area (Å²) in [6.07, 6.45) is 12.4. The molecule has 0 bridgehead atoms. The maximum absolute atomic E-state index is 13.0. The van der Waals surface area contributed by atoms with Gasteiger partial charge in [0.2, 0.25) is 0 Å². The number of halogens is 1. The van der Waals surface area contributed by atoms with Gasteiger partial charge in [0.05, 0.1) is 6.61 Å². The lowest BCUT2D eigenvalue weighted by Gasteiger charge is -2.06. The normalized spacial score (nSPS) is 11.1. The lowest BCUT2D eigenvalue weighted by Crippen LogP contribution is -2.07. The van der Waals surface area contributed by atoms with Crippen LogP contribution in [0.3, 0.4) is 0 Å². The number of benzene rings is 3. The minimum absolute atomic E-state index is 0.206. The number of carbonyl (C=O) groups excluding carboxylic acids is 2. The zero-order valence-corrected chi connectivity index (χ0v) is 24.1. The molecule has 0 amide bonds. The first-order valence-electron chi connectivity index (χ1n) is 14.5. The van der Waals surface area contributed by atoms with Crippen LogP contribution in [0.5, 0.6) is 5.75 Å².